The van der Waals surface area contributed by atoms with E-state index in [0.29, 0.717) is 11.1 Å². The fourth-order valence-electron chi connectivity index (χ4n) is 1.52. The molecule has 0 radical (unpaired) electrons. The molecule has 1 amide bonds. The monoisotopic (exact) mass is 265 g/mol. The summed E-state index contributed by atoms with van der Waals surface area (Å²) in [5.74, 6) is -0.652. The summed E-state index contributed by atoms with van der Waals surface area (Å²) in [6.45, 7) is 3.53. The number of hydrogen-bond acceptors (Lipinski definition) is 4. The van der Waals surface area contributed by atoms with E-state index >= 15 is 0 Å². The summed E-state index contributed by atoms with van der Waals surface area (Å²) in [7, 11) is 1.30. The first kappa shape index (κ1) is 15.2. The maximum Gasteiger partial charge on any atom is 0.307 e. The van der Waals surface area contributed by atoms with E-state index in [-0.39, 0.29) is 24.8 Å². The number of carbonyl (C=O) groups is 2. The van der Waals surface area contributed by atoms with E-state index in [1.807, 2.05) is 0 Å². The van der Waals surface area contributed by atoms with Crippen molar-refractivity contribution in [3.8, 4) is 0 Å². The SMILES string of the molecule is COC(=O)CCNC(=O)c1cccc(C(C)(C)O)c1. The molecule has 5 nitrogen and oxygen atoms in total. The Morgan fingerprint density at radius 2 is 2.05 bits per heavy atom. The molecule has 1 rings (SSSR count). The van der Waals surface area contributed by atoms with Crippen LogP contribution < -0.4 is 5.32 Å². The van der Waals surface area contributed by atoms with Crippen molar-refractivity contribution in [2.75, 3.05) is 13.7 Å². The van der Waals surface area contributed by atoms with E-state index < -0.39 is 5.60 Å². The molecule has 1 aromatic rings. The Morgan fingerprint density at radius 1 is 1.37 bits per heavy atom. The Kier molecular flexibility index (Phi) is 5.06. The van der Waals surface area contributed by atoms with Gasteiger partial charge in [-0.25, -0.2) is 0 Å². The lowest BCUT2D eigenvalue weighted by Crippen LogP contribution is -2.27. The molecular formula is C14H19NO4. The molecule has 0 fully saturated rings. The molecule has 0 aromatic heterocycles. The Morgan fingerprint density at radius 3 is 2.63 bits per heavy atom. The van der Waals surface area contributed by atoms with Gasteiger partial charge in [0.05, 0.1) is 19.1 Å². The van der Waals surface area contributed by atoms with Crippen LogP contribution in [0.15, 0.2) is 24.3 Å². The summed E-state index contributed by atoms with van der Waals surface area (Å²) in [6.07, 6.45) is 0.132. The molecule has 0 saturated heterocycles. The lowest BCUT2D eigenvalue weighted by Gasteiger charge is -2.18. The van der Waals surface area contributed by atoms with Crippen molar-refractivity contribution in [2.45, 2.75) is 25.9 Å². The van der Waals surface area contributed by atoms with Crippen molar-refractivity contribution in [1.82, 2.24) is 5.32 Å². The Labute approximate surface area is 112 Å². The van der Waals surface area contributed by atoms with Crippen LogP contribution in [0.5, 0.6) is 0 Å². The minimum atomic E-state index is -0.998. The quantitative estimate of drug-likeness (QED) is 0.785. The van der Waals surface area contributed by atoms with Crippen LogP contribution in [0.4, 0.5) is 0 Å². The van der Waals surface area contributed by atoms with Gasteiger partial charge in [0, 0.05) is 12.1 Å². The third-order valence-corrected chi connectivity index (χ3v) is 2.67. The zero-order chi connectivity index (χ0) is 14.5. The summed E-state index contributed by atoms with van der Waals surface area (Å²) in [4.78, 5) is 22.8. The highest BCUT2D eigenvalue weighted by Crippen LogP contribution is 2.20. The van der Waals surface area contributed by atoms with E-state index in [1.165, 1.54) is 7.11 Å². The van der Waals surface area contributed by atoms with Crippen molar-refractivity contribution in [1.29, 1.82) is 0 Å². The van der Waals surface area contributed by atoms with Gasteiger partial charge in [-0.05, 0) is 31.5 Å². The topological polar surface area (TPSA) is 75.6 Å². The number of aliphatic hydroxyl groups is 1. The van der Waals surface area contributed by atoms with Gasteiger partial charge in [0.15, 0.2) is 0 Å². The van der Waals surface area contributed by atoms with Gasteiger partial charge in [0.25, 0.3) is 5.91 Å². The first-order valence-corrected chi connectivity index (χ1v) is 6.02. The van der Waals surface area contributed by atoms with Crippen LogP contribution in [-0.4, -0.2) is 30.6 Å². The number of rotatable bonds is 5. The highest BCUT2D eigenvalue weighted by atomic mass is 16.5. The fraction of sp³-hybridized carbons (Fsp3) is 0.429. The lowest BCUT2D eigenvalue weighted by atomic mass is 9.96. The smallest absolute Gasteiger partial charge is 0.307 e. The average molecular weight is 265 g/mol. The molecule has 0 aliphatic carbocycles. The van der Waals surface area contributed by atoms with Gasteiger partial charge in [-0.15, -0.1) is 0 Å². The standard InChI is InChI=1S/C14H19NO4/c1-14(2,18)11-6-4-5-10(9-11)13(17)15-8-7-12(16)19-3/h4-6,9,18H,7-8H2,1-3H3,(H,15,17). The number of esters is 1. The molecule has 104 valence electrons. The van der Waals surface area contributed by atoms with Crippen molar-refractivity contribution >= 4 is 11.9 Å². The van der Waals surface area contributed by atoms with Crippen molar-refractivity contribution in [3.63, 3.8) is 0 Å². The van der Waals surface area contributed by atoms with Crippen molar-refractivity contribution < 1.29 is 19.4 Å². The Hall–Kier alpha value is -1.88. The molecule has 0 saturated carbocycles. The summed E-state index contributed by atoms with van der Waals surface area (Å²) in [6, 6.07) is 6.75. The molecule has 2 N–H and O–H groups in total. The molecule has 5 heteroatoms. The zero-order valence-electron chi connectivity index (χ0n) is 11.4. The number of amides is 1. The molecule has 0 aliphatic rings. The van der Waals surface area contributed by atoms with Crippen LogP contribution in [0.25, 0.3) is 0 Å². The Bertz CT molecular complexity index is 463. The van der Waals surface area contributed by atoms with Gasteiger partial charge in [0.1, 0.15) is 0 Å². The predicted octanol–water partition coefficient (Wildman–Crippen LogP) is 1.21. The number of benzene rings is 1. The number of ether oxygens (including phenoxy) is 1. The largest absolute Gasteiger partial charge is 0.469 e. The minimum absolute atomic E-state index is 0.132. The summed E-state index contributed by atoms with van der Waals surface area (Å²) in [5.41, 5.74) is 0.111. The van der Waals surface area contributed by atoms with Crippen molar-refractivity contribution in [3.05, 3.63) is 35.4 Å². The second-order valence-electron chi connectivity index (χ2n) is 4.72. The van der Waals surface area contributed by atoms with Gasteiger partial charge < -0.3 is 15.2 Å². The van der Waals surface area contributed by atoms with Gasteiger partial charge in [-0.3, -0.25) is 9.59 Å². The molecule has 0 heterocycles. The van der Waals surface area contributed by atoms with Gasteiger partial charge in [-0.1, -0.05) is 12.1 Å². The van der Waals surface area contributed by atoms with Crippen LogP contribution in [0.3, 0.4) is 0 Å². The molecule has 1 aromatic carbocycles. The minimum Gasteiger partial charge on any atom is -0.469 e. The van der Waals surface area contributed by atoms with E-state index in [9.17, 15) is 14.7 Å². The zero-order valence-corrected chi connectivity index (χ0v) is 11.4. The lowest BCUT2D eigenvalue weighted by molar-refractivity contribution is -0.140. The van der Waals surface area contributed by atoms with E-state index in [4.69, 9.17) is 0 Å². The normalized spacial score (nSPS) is 10.9. The molecule has 19 heavy (non-hydrogen) atoms. The molecule has 0 unspecified atom stereocenters. The van der Waals surface area contributed by atoms with Crippen LogP contribution in [0.2, 0.25) is 0 Å². The third kappa shape index (κ3) is 4.71. The highest BCUT2D eigenvalue weighted by Gasteiger charge is 2.17. The molecule has 0 bridgehead atoms. The second-order valence-corrected chi connectivity index (χ2v) is 4.72. The van der Waals surface area contributed by atoms with E-state index in [2.05, 4.69) is 10.1 Å². The van der Waals surface area contributed by atoms with Gasteiger partial charge in [-0.2, -0.15) is 0 Å². The van der Waals surface area contributed by atoms with Crippen LogP contribution in [-0.2, 0) is 15.1 Å². The number of nitrogens with one attached hydrogen (secondary N) is 1. The molecular weight excluding hydrogens is 246 g/mol. The first-order chi connectivity index (χ1) is 8.84. The number of hydrogen-bond donors (Lipinski definition) is 2. The molecule has 0 atom stereocenters. The summed E-state index contributed by atoms with van der Waals surface area (Å²) < 4.78 is 4.48. The summed E-state index contributed by atoms with van der Waals surface area (Å²) in [5, 5.41) is 12.5. The predicted molar refractivity (Wildman–Crippen MR) is 70.7 cm³/mol. The maximum absolute atomic E-state index is 11.8. The summed E-state index contributed by atoms with van der Waals surface area (Å²) >= 11 is 0. The maximum atomic E-state index is 11.8. The van der Waals surface area contributed by atoms with Crippen LogP contribution in [0.1, 0.15) is 36.2 Å². The Balaban J connectivity index is 2.65. The van der Waals surface area contributed by atoms with Crippen molar-refractivity contribution in [2.24, 2.45) is 0 Å². The number of carbonyl (C=O) groups excluding carboxylic acids is 2. The van der Waals surface area contributed by atoms with Crippen LogP contribution in [0, 0.1) is 0 Å². The third-order valence-electron chi connectivity index (χ3n) is 2.67. The average Bonchev–Trinajstić information content (AvgIpc) is 2.37. The fourth-order valence-corrected chi connectivity index (χ4v) is 1.52. The molecule has 0 spiro atoms. The van der Waals surface area contributed by atoms with E-state index in [1.54, 1.807) is 38.1 Å². The highest BCUT2D eigenvalue weighted by molar-refractivity contribution is 5.94. The molecule has 0 aliphatic heterocycles. The van der Waals surface area contributed by atoms with Gasteiger partial charge in [0.2, 0.25) is 0 Å². The van der Waals surface area contributed by atoms with Crippen LogP contribution >= 0.6 is 0 Å². The first-order valence-electron chi connectivity index (χ1n) is 6.02. The van der Waals surface area contributed by atoms with Gasteiger partial charge >= 0.3 is 5.97 Å². The van der Waals surface area contributed by atoms with E-state index in [0.717, 1.165) is 0 Å². The second kappa shape index (κ2) is 6.33. The number of methoxy groups -OCH3 is 1.